The van der Waals surface area contributed by atoms with Gasteiger partial charge in [0, 0.05) is 18.6 Å². The molecule has 1 aromatic heterocycles. The smallest absolute Gasteiger partial charge is 0.370 e. The normalized spacial score (nSPS) is 11.6. The third-order valence-electron chi connectivity index (χ3n) is 2.47. The molecule has 0 atom stereocenters. The Kier molecular flexibility index (Phi) is 6.25. The molecule has 18 heavy (non-hydrogen) atoms. The highest BCUT2D eigenvalue weighted by Crippen LogP contribution is 2.33. The summed E-state index contributed by atoms with van der Waals surface area (Å²) in [5.74, 6) is 0.536. The van der Waals surface area contributed by atoms with Gasteiger partial charge in [-0.05, 0) is 25.0 Å². The Labute approximate surface area is 110 Å². The molecule has 0 aliphatic carbocycles. The van der Waals surface area contributed by atoms with Gasteiger partial charge in [0.1, 0.15) is 5.82 Å². The van der Waals surface area contributed by atoms with Gasteiger partial charge in [-0.1, -0.05) is 12.8 Å². The summed E-state index contributed by atoms with van der Waals surface area (Å²) in [6, 6.07) is 2.32. The first-order valence-corrected chi connectivity index (χ1v) is 6.41. The van der Waals surface area contributed by atoms with Crippen LogP contribution < -0.4 is 5.32 Å². The molecule has 6 heteroatoms. The number of aromatic nitrogens is 1. The van der Waals surface area contributed by atoms with Crippen LogP contribution in [-0.2, 0) is 6.18 Å². The number of rotatable bonds is 7. The Morgan fingerprint density at radius 1 is 1.17 bits per heavy atom. The quantitative estimate of drug-likeness (QED) is 0.594. The minimum atomic E-state index is -4.37. The third-order valence-corrected chi connectivity index (χ3v) is 2.73. The number of nitrogens with zero attached hydrogens (tertiary/aromatic N) is 1. The third kappa shape index (κ3) is 5.12. The first-order valence-electron chi connectivity index (χ1n) is 5.87. The summed E-state index contributed by atoms with van der Waals surface area (Å²) in [5, 5.41) is 2.73. The highest BCUT2D eigenvalue weighted by molar-refractivity contribution is 6.17. The van der Waals surface area contributed by atoms with Crippen molar-refractivity contribution in [2.45, 2.75) is 31.9 Å². The van der Waals surface area contributed by atoms with Crippen LogP contribution >= 0.6 is 11.6 Å². The summed E-state index contributed by atoms with van der Waals surface area (Å²) in [6.45, 7) is 0.488. The van der Waals surface area contributed by atoms with Crippen molar-refractivity contribution in [2.24, 2.45) is 0 Å². The molecule has 0 aromatic carbocycles. The molecule has 0 bridgehead atoms. The Hall–Kier alpha value is -0.970. The van der Waals surface area contributed by atoms with Crippen LogP contribution in [0.4, 0.5) is 19.0 Å². The minimum absolute atomic E-state index is 0.0951. The van der Waals surface area contributed by atoms with Gasteiger partial charge in [0.05, 0.1) is 5.56 Å². The fourth-order valence-electron chi connectivity index (χ4n) is 1.55. The van der Waals surface area contributed by atoms with Crippen LogP contribution in [0.5, 0.6) is 0 Å². The fraction of sp³-hybridized carbons (Fsp3) is 0.583. The van der Waals surface area contributed by atoms with E-state index in [4.69, 9.17) is 11.6 Å². The summed E-state index contributed by atoms with van der Waals surface area (Å²) < 4.78 is 37.9. The van der Waals surface area contributed by atoms with Crippen molar-refractivity contribution in [2.75, 3.05) is 17.7 Å². The van der Waals surface area contributed by atoms with Crippen LogP contribution in [0.1, 0.15) is 31.2 Å². The summed E-state index contributed by atoms with van der Waals surface area (Å²) >= 11 is 5.53. The Balaban J connectivity index is 2.43. The molecule has 0 saturated carbocycles. The van der Waals surface area contributed by atoms with Crippen molar-refractivity contribution in [3.05, 3.63) is 23.9 Å². The van der Waals surface area contributed by atoms with Crippen LogP contribution in [0, 0.1) is 0 Å². The van der Waals surface area contributed by atoms with Crippen LogP contribution in [-0.4, -0.2) is 17.4 Å². The molecule has 1 aromatic rings. The summed E-state index contributed by atoms with van der Waals surface area (Å²) in [4.78, 5) is 3.73. The van der Waals surface area contributed by atoms with Crippen LogP contribution in [0.3, 0.4) is 0 Å². The summed E-state index contributed by atoms with van der Waals surface area (Å²) in [5.41, 5.74) is -0.717. The van der Waals surface area contributed by atoms with Gasteiger partial charge in [0.15, 0.2) is 0 Å². The maximum atomic E-state index is 12.6. The van der Waals surface area contributed by atoms with E-state index in [1.807, 2.05) is 0 Å². The number of hydrogen-bond acceptors (Lipinski definition) is 2. The lowest BCUT2D eigenvalue weighted by molar-refractivity contribution is -0.137. The van der Waals surface area contributed by atoms with Gasteiger partial charge >= 0.3 is 6.18 Å². The van der Waals surface area contributed by atoms with E-state index < -0.39 is 11.7 Å². The first kappa shape index (κ1) is 15.1. The predicted molar refractivity (Wildman–Crippen MR) is 66.9 cm³/mol. The molecule has 0 aliphatic rings. The lowest BCUT2D eigenvalue weighted by Gasteiger charge is -2.12. The lowest BCUT2D eigenvalue weighted by atomic mass is 10.2. The first-order chi connectivity index (χ1) is 8.55. The average molecular weight is 281 g/mol. The fourth-order valence-corrected chi connectivity index (χ4v) is 1.74. The number of nitrogens with one attached hydrogen (secondary N) is 1. The van der Waals surface area contributed by atoms with Gasteiger partial charge in [-0.15, -0.1) is 11.6 Å². The van der Waals surface area contributed by atoms with Crippen LogP contribution in [0.2, 0.25) is 0 Å². The monoisotopic (exact) mass is 280 g/mol. The topological polar surface area (TPSA) is 24.9 Å². The molecule has 102 valence electrons. The van der Waals surface area contributed by atoms with E-state index >= 15 is 0 Å². The van der Waals surface area contributed by atoms with Crippen molar-refractivity contribution in [1.29, 1.82) is 0 Å². The largest absolute Gasteiger partial charge is 0.419 e. The van der Waals surface area contributed by atoms with Crippen LogP contribution in [0.15, 0.2) is 18.3 Å². The number of unbranched alkanes of at least 4 members (excludes halogenated alkanes) is 3. The minimum Gasteiger partial charge on any atom is -0.370 e. The maximum Gasteiger partial charge on any atom is 0.419 e. The molecule has 1 heterocycles. The molecule has 1 N–H and O–H groups in total. The van der Waals surface area contributed by atoms with Gasteiger partial charge in [-0.25, -0.2) is 4.98 Å². The Bertz CT molecular complexity index is 355. The van der Waals surface area contributed by atoms with E-state index in [0.717, 1.165) is 31.7 Å². The van der Waals surface area contributed by atoms with Gasteiger partial charge in [-0.3, -0.25) is 0 Å². The molecule has 0 unspecified atom stereocenters. The number of hydrogen-bond donors (Lipinski definition) is 1. The van der Waals surface area contributed by atoms with Gasteiger partial charge in [0.2, 0.25) is 0 Å². The Morgan fingerprint density at radius 2 is 1.89 bits per heavy atom. The molecule has 0 radical (unpaired) electrons. The van der Waals surface area contributed by atoms with Gasteiger partial charge < -0.3 is 5.32 Å². The van der Waals surface area contributed by atoms with Crippen LogP contribution in [0.25, 0.3) is 0 Å². The number of pyridine rings is 1. The number of anilines is 1. The number of halogens is 4. The second-order valence-corrected chi connectivity index (χ2v) is 4.31. The van der Waals surface area contributed by atoms with E-state index in [-0.39, 0.29) is 5.82 Å². The molecule has 0 spiro atoms. The highest BCUT2D eigenvalue weighted by atomic mass is 35.5. The van der Waals surface area contributed by atoms with Crippen molar-refractivity contribution in [3.8, 4) is 0 Å². The van der Waals surface area contributed by atoms with Crippen molar-refractivity contribution in [3.63, 3.8) is 0 Å². The number of alkyl halides is 4. The lowest BCUT2D eigenvalue weighted by Crippen LogP contribution is -2.12. The highest BCUT2D eigenvalue weighted by Gasteiger charge is 2.33. The summed E-state index contributed by atoms with van der Waals surface area (Å²) in [6.07, 6.45) is 0.692. The average Bonchev–Trinajstić information content (AvgIpc) is 2.33. The van der Waals surface area contributed by atoms with E-state index in [1.54, 1.807) is 0 Å². The second-order valence-electron chi connectivity index (χ2n) is 3.93. The molecule has 0 saturated heterocycles. The van der Waals surface area contributed by atoms with E-state index in [0.29, 0.717) is 12.4 Å². The van der Waals surface area contributed by atoms with Gasteiger partial charge in [0.25, 0.3) is 0 Å². The van der Waals surface area contributed by atoms with E-state index in [1.165, 1.54) is 12.3 Å². The maximum absolute atomic E-state index is 12.6. The molecular formula is C12H16ClF3N2. The standard InChI is InChI=1S/C12H16ClF3N2/c13-7-3-1-2-4-8-17-11-10(12(14,15)16)6-5-9-18-11/h5-6,9H,1-4,7-8H2,(H,17,18). The second kappa shape index (κ2) is 7.46. The summed E-state index contributed by atoms with van der Waals surface area (Å²) in [7, 11) is 0. The van der Waals surface area contributed by atoms with E-state index in [2.05, 4.69) is 10.3 Å². The molecule has 0 fully saturated rings. The Morgan fingerprint density at radius 3 is 2.56 bits per heavy atom. The zero-order valence-corrected chi connectivity index (χ0v) is 10.7. The van der Waals surface area contributed by atoms with Gasteiger partial charge in [-0.2, -0.15) is 13.2 Å². The van der Waals surface area contributed by atoms with Crippen molar-refractivity contribution < 1.29 is 13.2 Å². The van der Waals surface area contributed by atoms with E-state index in [9.17, 15) is 13.2 Å². The SMILES string of the molecule is FC(F)(F)c1cccnc1NCCCCCCCl. The van der Waals surface area contributed by atoms with Crippen molar-refractivity contribution in [1.82, 2.24) is 4.98 Å². The molecular weight excluding hydrogens is 265 g/mol. The predicted octanol–water partition coefficient (Wildman–Crippen LogP) is 4.31. The molecule has 0 amide bonds. The zero-order valence-electron chi connectivity index (χ0n) is 9.93. The zero-order chi connectivity index (χ0) is 13.4. The van der Waals surface area contributed by atoms with Crippen molar-refractivity contribution >= 4 is 17.4 Å². The molecule has 2 nitrogen and oxygen atoms in total. The molecule has 0 aliphatic heterocycles. The molecule has 1 rings (SSSR count).